The van der Waals surface area contributed by atoms with E-state index in [9.17, 15) is 9.18 Å². The lowest BCUT2D eigenvalue weighted by molar-refractivity contribution is -0.110. The van der Waals surface area contributed by atoms with Gasteiger partial charge in [0.05, 0.1) is 11.3 Å². The predicted octanol–water partition coefficient (Wildman–Crippen LogP) is 3.71. The van der Waals surface area contributed by atoms with Gasteiger partial charge >= 0.3 is 0 Å². The van der Waals surface area contributed by atoms with Gasteiger partial charge in [0.25, 0.3) is 5.91 Å². The third kappa shape index (κ3) is 3.95. The topological polar surface area (TPSA) is 53.6 Å². The highest BCUT2D eigenvalue weighted by atomic mass is 19.1. The summed E-state index contributed by atoms with van der Waals surface area (Å²) in [6, 6.07) is 12.1. The van der Waals surface area contributed by atoms with Gasteiger partial charge in [-0.1, -0.05) is 6.07 Å². The number of ether oxygens (including phenoxy) is 1. The number of nitrogens with one attached hydrogen (secondary N) is 2. The molecule has 0 atom stereocenters. The maximum absolute atomic E-state index is 14.0. The van der Waals surface area contributed by atoms with Gasteiger partial charge in [-0.2, -0.15) is 0 Å². The highest BCUT2D eigenvalue weighted by Crippen LogP contribution is 2.33. The lowest BCUT2D eigenvalue weighted by Gasteiger charge is -2.15. The molecule has 0 aromatic heterocycles. The largest absolute Gasteiger partial charge is 0.492 e. The summed E-state index contributed by atoms with van der Waals surface area (Å²) in [7, 11) is 0. The molecular formula is C21H22FN3O2. The van der Waals surface area contributed by atoms with Crippen molar-refractivity contribution < 1.29 is 13.9 Å². The van der Waals surface area contributed by atoms with Crippen molar-refractivity contribution in [2.24, 2.45) is 0 Å². The molecule has 2 aliphatic rings. The molecule has 0 unspecified atom stereocenters. The second-order valence-corrected chi connectivity index (χ2v) is 6.74. The van der Waals surface area contributed by atoms with Crippen LogP contribution in [0, 0.1) is 5.82 Å². The summed E-state index contributed by atoms with van der Waals surface area (Å²) in [5, 5.41) is 5.73. The first-order valence-electron chi connectivity index (χ1n) is 9.23. The van der Waals surface area contributed by atoms with E-state index in [1.165, 1.54) is 25.1 Å². The van der Waals surface area contributed by atoms with E-state index in [4.69, 9.17) is 4.74 Å². The van der Waals surface area contributed by atoms with E-state index in [0.29, 0.717) is 17.9 Å². The standard InChI is InChI=1S/C21H22FN3O2/c22-18-4-3-5-19-20(18)17(21(26)24-19)14-23-15-6-8-16(9-7-15)27-13-12-25-10-1-2-11-25/h3-9,14,23H,1-2,10-13H2,(H,24,26). The van der Waals surface area contributed by atoms with Crippen LogP contribution in [0.3, 0.4) is 0 Å². The molecule has 0 spiro atoms. The Morgan fingerprint density at radius 2 is 1.93 bits per heavy atom. The van der Waals surface area contributed by atoms with Gasteiger partial charge in [-0.25, -0.2) is 4.39 Å². The molecule has 1 amide bonds. The molecule has 2 N–H and O–H groups in total. The van der Waals surface area contributed by atoms with Crippen LogP contribution < -0.4 is 15.4 Å². The molecule has 0 bridgehead atoms. The first-order chi connectivity index (χ1) is 13.2. The normalized spacial score (nSPS) is 17.8. The zero-order valence-electron chi connectivity index (χ0n) is 15.0. The molecule has 0 radical (unpaired) electrons. The van der Waals surface area contributed by atoms with Crippen LogP contribution in [0.1, 0.15) is 18.4 Å². The molecule has 0 saturated carbocycles. The number of anilines is 2. The Kier molecular flexibility index (Phi) is 5.07. The molecule has 2 aromatic rings. The van der Waals surface area contributed by atoms with Gasteiger partial charge in [0.1, 0.15) is 18.2 Å². The highest BCUT2D eigenvalue weighted by Gasteiger charge is 2.27. The third-order valence-electron chi connectivity index (χ3n) is 4.89. The Balaban J connectivity index is 1.36. The number of fused-ring (bicyclic) bond motifs is 1. The number of benzene rings is 2. The van der Waals surface area contributed by atoms with Gasteiger partial charge in [-0.05, 0) is 62.3 Å². The fraction of sp³-hybridized carbons (Fsp3) is 0.286. The predicted molar refractivity (Wildman–Crippen MR) is 104 cm³/mol. The Labute approximate surface area is 157 Å². The van der Waals surface area contributed by atoms with Crippen molar-refractivity contribution in [1.82, 2.24) is 4.90 Å². The smallest absolute Gasteiger partial charge is 0.257 e. The number of hydrogen-bond donors (Lipinski definition) is 2. The number of hydrogen-bond acceptors (Lipinski definition) is 4. The van der Waals surface area contributed by atoms with Crippen molar-refractivity contribution in [2.45, 2.75) is 12.8 Å². The minimum absolute atomic E-state index is 0.286. The molecule has 2 aromatic carbocycles. The quantitative estimate of drug-likeness (QED) is 0.765. The van der Waals surface area contributed by atoms with E-state index in [1.54, 1.807) is 12.1 Å². The Hall–Kier alpha value is -2.86. The number of carbonyl (C=O) groups excluding carboxylic acids is 1. The second-order valence-electron chi connectivity index (χ2n) is 6.74. The van der Waals surface area contributed by atoms with Gasteiger partial charge in [0.15, 0.2) is 0 Å². The summed E-state index contributed by atoms with van der Waals surface area (Å²) >= 11 is 0. The van der Waals surface area contributed by atoms with Crippen LogP contribution in [-0.2, 0) is 4.79 Å². The van der Waals surface area contributed by atoms with Gasteiger partial charge in [-0.15, -0.1) is 0 Å². The lowest BCUT2D eigenvalue weighted by Crippen LogP contribution is -2.25. The zero-order chi connectivity index (χ0) is 18.6. The molecule has 5 nitrogen and oxygen atoms in total. The summed E-state index contributed by atoms with van der Waals surface area (Å²) in [6.45, 7) is 3.95. The summed E-state index contributed by atoms with van der Waals surface area (Å²) in [5.74, 6) is 0.0764. The molecule has 140 valence electrons. The Morgan fingerprint density at radius 3 is 2.70 bits per heavy atom. The lowest BCUT2D eigenvalue weighted by atomic mass is 10.1. The third-order valence-corrected chi connectivity index (χ3v) is 4.89. The molecule has 2 heterocycles. The fourth-order valence-electron chi connectivity index (χ4n) is 3.44. The second kappa shape index (κ2) is 7.80. The van der Waals surface area contributed by atoms with Crippen LogP contribution >= 0.6 is 0 Å². The highest BCUT2D eigenvalue weighted by molar-refractivity contribution is 6.31. The van der Waals surface area contributed by atoms with Gasteiger partial charge in [0.2, 0.25) is 0 Å². The molecule has 1 fully saturated rings. The molecule has 6 heteroatoms. The maximum Gasteiger partial charge on any atom is 0.257 e. The minimum Gasteiger partial charge on any atom is -0.492 e. The first-order valence-corrected chi connectivity index (χ1v) is 9.23. The van der Waals surface area contributed by atoms with Gasteiger partial charge in [-0.3, -0.25) is 9.69 Å². The summed E-state index contributed by atoms with van der Waals surface area (Å²) < 4.78 is 19.8. The van der Waals surface area contributed by atoms with Crippen molar-refractivity contribution in [3.05, 3.63) is 60.0 Å². The van der Waals surface area contributed by atoms with E-state index in [0.717, 1.165) is 31.1 Å². The number of carbonyl (C=O) groups is 1. The van der Waals surface area contributed by atoms with E-state index in [-0.39, 0.29) is 11.5 Å². The number of likely N-dealkylation sites (tertiary alicyclic amines) is 1. The molecule has 4 rings (SSSR count). The van der Waals surface area contributed by atoms with Crippen molar-refractivity contribution >= 4 is 22.9 Å². The van der Waals surface area contributed by atoms with Crippen LogP contribution in [0.5, 0.6) is 5.75 Å². The number of nitrogens with zero attached hydrogens (tertiary/aromatic N) is 1. The Bertz CT molecular complexity index is 858. The van der Waals surface area contributed by atoms with Crippen LogP contribution in [0.25, 0.3) is 5.57 Å². The van der Waals surface area contributed by atoms with E-state index in [2.05, 4.69) is 15.5 Å². The average molecular weight is 367 g/mol. The maximum atomic E-state index is 14.0. The SMILES string of the molecule is O=C1Nc2cccc(F)c2C1=CNc1ccc(OCCN2CCCC2)cc1. The number of rotatable bonds is 6. The molecule has 0 aliphatic carbocycles. The monoisotopic (exact) mass is 367 g/mol. The van der Waals surface area contributed by atoms with Crippen LogP contribution in [0.15, 0.2) is 48.7 Å². The zero-order valence-corrected chi connectivity index (χ0v) is 15.0. The van der Waals surface area contributed by atoms with Crippen LogP contribution in [-0.4, -0.2) is 37.0 Å². The molecule has 1 saturated heterocycles. The van der Waals surface area contributed by atoms with Crippen molar-refractivity contribution in [2.75, 3.05) is 36.9 Å². The van der Waals surface area contributed by atoms with E-state index in [1.807, 2.05) is 24.3 Å². The molecular weight excluding hydrogens is 345 g/mol. The molecule has 27 heavy (non-hydrogen) atoms. The summed E-state index contributed by atoms with van der Waals surface area (Å²) in [6.07, 6.45) is 4.10. The minimum atomic E-state index is -0.416. The van der Waals surface area contributed by atoms with E-state index >= 15 is 0 Å². The summed E-state index contributed by atoms with van der Waals surface area (Å²) in [5.41, 5.74) is 1.88. The fourth-order valence-corrected chi connectivity index (χ4v) is 3.44. The summed E-state index contributed by atoms with van der Waals surface area (Å²) in [4.78, 5) is 14.5. The van der Waals surface area contributed by atoms with E-state index < -0.39 is 5.82 Å². The number of halogens is 1. The Morgan fingerprint density at radius 1 is 1.15 bits per heavy atom. The van der Waals surface area contributed by atoms with Crippen molar-refractivity contribution in [1.29, 1.82) is 0 Å². The average Bonchev–Trinajstić information content (AvgIpc) is 3.29. The van der Waals surface area contributed by atoms with Gasteiger partial charge in [0, 0.05) is 24.0 Å². The van der Waals surface area contributed by atoms with Crippen LogP contribution in [0.2, 0.25) is 0 Å². The van der Waals surface area contributed by atoms with Crippen molar-refractivity contribution in [3.63, 3.8) is 0 Å². The number of amides is 1. The van der Waals surface area contributed by atoms with Crippen molar-refractivity contribution in [3.8, 4) is 5.75 Å². The first kappa shape index (κ1) is 17.5. The van der Waals surface area contributed by atoms with Crippen LogP contribution in [0.4, 0.5) is 15.8 Å². The molecule has 2 aliphatic heterocycles. The van der Waals surface area contributed by atoms with Gasteiger partial charge < -0.3 is 15.4 Å².